The normalized spacial score (nSPS) is 10.6. The molecular weight excluding hydrogens is 324 g/mol. The van der Waals surface area contributed by atoms with Gasteiger partial charge in [0, 0.05) is 23.7 Å². The fraction of sp³-hybridized carbons (Fsp3) is 0.333. The number of Topliss-reactive ketones (excluding diaryl/α,β-unsaturated/α-hetero) is 1. The molecule has 7 heteroatoms. The van der Waals surface area contributed by atoms with Crippen LogP contribution < -0.4 is 5.32 Å². The number of aromatic nitrogens is 1. The number of aryl methyl sites for hydroxylation is 1. The van der Waals surface area contributed by atoms with Gasteiger partial charge in [0.1, 0.15) is 0 Å². The van der Waals surface area contributed by atoms with Crippen LogP contribution in [0.3, 0.4) is 0 Å². The number of hydrogen-bond donors (Lipinski definition) is 1. The Labute approximate surface area is 145 Å². The Morgan fingerprint density at radius 2 is 1.88 bits per heavy atom. The van der Waals surface area contributed by atoms with Gasteiger partial charge in [-0.2, -0.15) is 0 Å². The van der Waals surface area contributed by atoms with Crippen molar-refractivity contribution >= 4 is 23.3 Å². The lowest BCUT2D eigenvalue weighted by Gasteiger charge is -2.08. The number of esters is 1. The molecule has 1 aromatic heterocycles. The molecule has 0 radical (unpaired) electrons. The molecule has 1 amide bonds. The van der Waals surface area contributed by atoms with Crippen LogP contribution in [0.15, 0.2) is 34.9 Å². The van der Waals surface area contributed by atoms with Crippen LogP contribution in [0.1, 0.15) is 46.9 Å². The molecule has 0 unspecified atom stereocenters. The number of ether oxygens (including phenoxy) is 1. The Morgan fingerprint density at radius 3 is 2.44 bits per heavy atom. The molecule has 0 atom stereocenters. The van der Waals surface area contributed by atoms with Crippen LogP contribution in [0.4, 0.5) is 5.69 Å². The van der Waals surface area contributed by atoms with Crippen molar-refractivity contribution in [3.63, 3.8) is 0 Å². The molecule has 2 aromatic rings. The summed E-state index contributed by atoms with van der Waals surface area (Å²) in [6.07, 6.45) is 0.428. The molecular formula is C18H20N2O5. The molecule has 1 N–H and O–H groups in total. The van der Waals surface area contributed by atoms with E-state index >= 15 is 0 Å². The Hall–Kier alpha value is -2.96. The van der Waals surface area contributed by atoms with Crippen molar-refractivity contribution in [2.75, 3.05) is 11.9 Å². The van der Waals surface area contributed by atoms with Crippen molar-refractivity contribution < 1.29 is 23.6 Å². The first-order valence-corrected chi connectivity index (χ1v) is 7.88. The van der Waals surface area contributed by atoms with Gasteiger partial charge in [0.25, 0.3) is 0 Å². The first-order valence-electron chi connectivity index (χ1n) is 7.88. The maximum Gasteiger partial charge on any atom is 0.377 e. The molecule has 0 saturated heterocycles. The lowest BCUT2D eigenvalue weighted by atomic mass is 10.1. The number of carbonyl (C=O) groups excluding carboxylic acids is 3. The average Bonchev–Trinajstić information content (AvgIpc) is 2.98. The lowest BCUT2D eigenvalue weighted by molar-refractivity contribution is -0.116. The van der Waals surface area contributed by atoms with Gasteiger partial charge in [-0.1, -0.05) is 19.0 Å². The molecule has 1 aromatic carbocycles. The summed E-state index contributed by atoms with van der Waals surface area (Å²) in [4.78, 5) is 35.5. The third-order valence-electron chi connectivity index (χ3n) is 3.25. The van der Waals surface area contributed by atoms with Gasteiger partial charge in [0.15, 0.2) is 12.4 Å². The largest absolute Gasteiger partial charge is 0.451 e. The van der Waals surface area contributed by atoms with Gasteiger partial charge < -0.3 is 14.6 Å². The molecule has 1 heterocycles. The van der Waals surface area contributed by atoms with Crippen molar-refractivity contribution in [1.82, 2.24) is 5.16 Å². The lowest BCUT2D eigenvalue weighted by Crippen LogP contribution is -2.15. The number of amides is 1. The highest BCUT2D eigenvalue weighted by Crippen LogP contribution is 2.12. The van der Waals surface area contributed by atoms with E-state index in [0.717, 1.165) is 0 Å². The molecule has 7 nitrogen and oxygen atoms in total. The number of carbonyl (C=O) groups is 3. The highest BCUT2D eigenvalue weighted by atomic mass is 16.6. The van der Waals surface area contributed by atoms with Crippen molar-refractivity contribution in [1.29, 1.82) is 0 Å². The fourth-order valence-electron chi connectivity index (χ4n) is 2.07. The Kier molecular flexibility index (Phi) is 6.05. The predicted octanol–water partition coefficient (Wildman–Crippen LogP) is 3.01. The summed E-state index contributed by atoms with van der Waals surface area (Å²) in [5.74, 6) is -0.960. The minimum absolute atomic E-state index is 0.0477. The van der Waals surface area contributed by atoms with Crippen molar-refractivity contribution in [2.45, 2.75) is 27.2 Å². The number of rotatable bonds is 7. The summed E-state index contributed by atoms with van der Waals surface area (Å²) in [5, 5.41) is 6.34. The zero-order valence-corrected chi connectivity index (χ0v) is 14.4. The number of nitrogens with one attached hydrogen (secondary N) is 1. The van der Waals surface area contributed by atoms with E-state index in [-0.39, 0.29) is 23.4 Å². The van der Waals surface area contributed by atoms with E-state index in [1.165, 1.54) is 6.07 Å². The highest BCUT2D eigenvalue weighted by Gasteiger charge is 2.16. The molecule has 0 aliphatic rings. The van der Waals surface area contributed by atoms with Gasteiger partial charge in [0.2, 0.25) is 11.7 Å². The summed E-state index contributed by atoms with van der Waals surface area (Å²) in [6.45, 7) is 5.19. The van der Waals surface area contributed by atoms with Gasteiger partial charge in [-0.05, 0) is 37.1 Å². The van der Waals surface area contributed by atoms with Gasteiger partial charge >= 0.3 is 5.97 Å². The van der Waals surface area contributed by atoms with Crippen LogP contribution in [0.2, 0.25) is 0 Å². The Balaban J connectivity index is 1.87. The zero-order chi connectivity index (χ0) is 18.4. The topological polar surface area (TPSA) is 98.5 Å². The van der Waals surface area contributed by atoms with Crippen LogP contribution in [-0.2, 0) is 9.53 Å². The molecule has 0 fully saturated rings. The monoisotopic (exact) mass is 344 g/mol. The van der Waals surface area contributed by atoms with E-state index in [1.807, 2.05) is 13.8 Å². The van der Waals surface area contributed by atoms with Crippen LogP contribution >= 0.6 is 0 Å². The van der Waals surface area contributed by atoms with E-state index in [4.69, 9.17) is 9.26 Å². The summed E-state index contributed by atoms with van der Waals surface area (Å²) in [7, 11) is 0. The summed E-state index contributed by atoms with van der Waals surface area (Å²) >= 11 is 0. The fourth-order valence-corrected chi connectivity index (χ4v) is 2.07. The second-order valence-corrected chi connectivity index (χ2v) is 6.06. The molecule has 0 bridgehead atoms. The number of anilines is 1. The third kappa shape index (κ3) is 5.56. The summed E-state index contributed by atoms with van der Waals surface area (Å²) in [5.41, 5.74) is 1.54. The maximum atomic E-state index is 12.1. The van der Waals surface area contributed by atoms with E-state index in [9.17, 15) is 14.4 Å². The smallest absolute Gasteiger partial charge is 0.377 e. The quantitative estimate of drug-likeness (QED) is 0.612. The number of nitrogens with zero attached hydrogens (tertiary/aromatic N) is 1. The van der Waals surface area contributed by atoms with Gasteiger partial charge in [-0.25, -0.2) is 4.79 Å². The Bertz CT molecular complexity index is 762. The van der Waals surface area contributed by atoms with E-state index in [2.05, 4.69) is 10.5 Å². The minimum Gasteiger partial charge on any atom is -0.451 e. The molecule has 0 aliphatic carbocycles. The standard InChI is InChI=1S/C18H20N2O5/c1-11(2)8-17(22)19-14-6-4-13(5-7-14)15(21)10-24-18(23)16-9-12(3)20-25-16/h4-7,9,11H,8,10H2,1-3H3,(H,19,22). The van der Waals surface area contributed by atoms with Crippen molar-refractivity contribution in [2.24, 2.45) is 5.92 Å². The summed E-state index contributed by atoms with van der Waals surface area (Å²) in [6, 6.07) is 7.83. The number of benzene rings is 1. The second-order valence-electron chi connectivity index (χ2n) is 6.06. The van der Waals surface area contributed by atoms with Crippen molar-refractivity contribution in [3.05, 3.63) is 47.3 Å². The van der Waals surface area contributed by atoms with Gasteiger partial charge in [0.05, 0.1) is 5.69 Å². The first-order chi connectivity index (χ1) is 11.8. The summed E-state index contributed by atoms with van der Waals surface area (Å²) < 4.78 is 9.67. The molecule has 132 valence electrons. The molecule has 0 spiro atoms. The van der Waals surface area contributed by atoms with Crippen LogP contribution in [0.5, 0.6) is 0 Å². The first kappa shape index (κ1) is 18.4. The molecule has 25 heavy (non-hydrogen) atoms. The highest BCUT2D eigenvalue weighted by molar-refractivity contribution is 5.99. The van der Waals surface area contributed by atoms with Crippen molar-refractivity contribution in [3.8, 4) is 0 Å². The third-order valence-corrected chi connectivity index (χ3v) is 3.25. The Morgan fingerprint density at radius 1 is 1.20 bits per heavy atom. The van der Waals surface area contributed by atoms with E-state index < -0.39 is 12.6 Å². The van der Waals surface area contributed by atoms with Gasteiger partial charge in [-0.15, -0.1) is 0 Å². The molecule has 0 aliphatic heterocycles. The van der Waals surface area contributed by atoms with E-state index in [1.54, 1.807) is 31.2 Å². The number of ketones is 1. The molecule has 2 rings (SSSR count). The molecule has 0 saturated carbocycles. The number of hydrogen-bond acceptors (Lipinski definition) is 6. The second kappa shape index (κ2) is 8.23. The predicted molar refractivity (Wildman–Crippen MR) is 90.4 cm³/mol. The average molecular weight is 344 g/mol. The van der Waals surface area contributed by atoms with Gasteiger partial charge in [-0.3, -0.25) is 9.59 Å². The van der Waals surface area contributed by atoms with Crippen LogP contribution in [0.25, 0.3) is 0 Å². The zero-order valence-electron chi connectivity index (χ0n) is 14.4. The van der Waals surface area contributed by atoms with Crippen LogP contribution in [0, 0.1) is 12.8 Å². The van der Waals surface area contributed by atoms with Crippen LogP contribution in [-0.4, -0.2) is 29.4 Å². The minimum atomic E-state index is -0.744. The maximum absolute atomic E-state index is 12.1. The van der Waals surface area contributed by atoms with E-state index in [0.29, 0.717) is 23.4 Å². The SMILES string of the molecule is Cc1cc(C(=O)OCC(=O)c2ccc(NC(=O)CC(C)C)cc2)on1.